The summed E-state index contributed by atoms with van der Waals surface area (Å²) in [6.07, 6.45) is 1.60. The Hall–Kier alpha value is -2.85. The average Bonchev–Trinajstić information content (AvgIpc) is 3.20. The molecule has 0 aliphatic carbocycles. The number of carbonyl (C=O) groups is 3. The highest BCUT2D eigenvalue weighted by atomic mass is 32.2. The van der Waals surface area contributed by atoms with Gasteiger partial charge in [-0.2, -0.15) is 11.8 Å². The van der Waals surface area contributed by atoms with Crippen LogP contribution in [0.3, 0.4) is 0 Å². The van der Waals surface area contributed by atoms with Crippen LogP contribution in [0.2, 0.25) is 0 Å². The van der Waals surface area contributed by atoms with Crippen LogP contribution < -0.4 is 14.8 Å². The van der Waals surface area contributed by atoms with Gasteiger partial charge in [0.25, 0.3) is 5.91 Å². The molecule has 0 bridgehead atoms. The summed E-state index contributed by atoms with van der Waals surface area (Å²) in [6.45, 7) is 0.159. The fourth-order valence-corrected chi connectivity index (χ4v) is 8.51. The van der Waals surface area contributed by atoms with Gasteiger partial charge < -0.3 is 24.4 Å². The van der Waals surface area contributed by atoms with Crippen molar-refractivity contribution in [2.75, 3.05) is 25.7 Å². The van der Waals surface area contributed by atoms with E-state index >= 15 is 0 Å². The molecule has 5 rings (SSSR count). The lowest BCUT2D eigenvalue weighted by Gasteiger charge is -2.44. The van der Waals surface area contributed by atoms with Crippen LogP contribution in [0, 0.1) is 0 Å². The van der Waals surface area contributed by atoms with Crippen molar-refractivity contribution in [2.24, 2.45) is 0 Å². The van der Waals surface area contributed by atoms with Crippen LogP contribution in [-0.4, -0.2) is 70.6 Å². The average molecular weight is 529 g/mol. The highest BCUT2D eigenvalue weighted by Crippen LogP contribution is 2.56. The molecule has 1 N–H and O–H groups in total. The van der Waals surface area contributed by atoms with E-state index in [2.05, 4.69) is 5.32 Å². The van der Waals surface area contributed by atoms with Gasteiger partial charge in [0.05, 0.1) is 19.0 Å². The fraction of sp³-hybridized carbons (Fsp3) is 0.423. The summed E-state index contributed by atoms with van der Waals surface area (Å²) in [6, 6.07) is 13.2. The number of amides is 2. The Kier molecular flexibility index (Phi) is 7.07. The predicted octanol–water partition coefficient (Wildman–Crippen LogP) is 3.10. The number of benzene rings is 2. The first kappa shape index (κ1) is 24.8. The number of ether oxygens (including phenoxy) is 3. The minimum atomic E-state index is -0.740. The van der Waals surface area contributed by atoms with Gasteiger partial charge in [0.2, 0.25) is 5.91 Å². The third kappa shape index (κ3) is 4.30. The smallest absolute Gasteiger partial charge is 0.330 e. The van der Waals surface area contributed by atoms with Crippen molar-refractivity contribution in [1.29, 1.82) is 0 Å². The lowest BCUT2D eigenvalue weighted by molar-refractivity contribution is -0.164. The molecule has 3 aliphatic rings. The van der Waals surface area contributed by atoms with Crippen molar-refractivity contribution in [3.05, 3.63) is 59.7 Å². The molecule has 190 valence electrons. The van der Waals surface area contributed by atoms with Crippen LogP contribution in [0.25, 0.3) is 0 Å². The Bertz CT molecular complexity index is 1130. The SMILES string of the molecule is COc1cccc(OC)c1C(=O)NC1C(=O)N2C(C(=O)OCc3ccccc3)C3(CCSCC3)S[C@@H]12. The second-order valence-corrected chi connectivity index (χ2v) is 11.7. The van der Waals surface area contributed by atoms with Gasteiger partial charge in [0, 0.05) is 0 Å². The van der Waals surface area contributed by atoms with Gasteiger partial charge in [0.1, 0.15) is 41.1 Å². The number of thioether (sulfide) groups is 2. The normalized spacial score (nSPS) is 24.0. The van der Waals surface area contributed by atoms with Crippen LogP contribution in [-0.2, 0) is 20.9 Å². The second kappa shape index (κ2) is 10.3. The van der Waals surface area contributed by atoms with E-state index in [9.17, 15) is 14.4 Å². The molecule has 3 heterocycles. The second-order valence-electron chi connectivity index (χ2n) is 8.92. The fourth-order valence-electron chi connectivity index (χ4n) is 5.11. The molecule has 2 aromatic carbocycles. The number of nitrogens with one attached hydrogen (secondary N) is 1. The molecule has 3 fully saturated rings. The molecule has 10 heteroatoms. The van der Waals surface area contributed by atoms with E-state index in [4.69, 9.17) is 14.2 Å². The van der Waals surface area contributed by atoms with E-state index in [1.165, 1.54) is 14.2 Å². The maximum atomic E-state index is 13.4. The summed E-state index contributed by atoms with van der Waals surface area (Å²) in [4.78, 5) is 41.6. The van der Waals surface area contributed by atoms with E-state index in [1.807, 2.05) is 42.1 Å². The molecule has 0 saturated carbocycles. The molecular weight excluding hydrogens is 500 g/mol. The monoisotopic (exact) mass is 528 g/mol. The Morgan fingerprint density at radius 1 is 1.03 bits per heavy atom. The quantitative estimate of drug-likeness (QED) is 0.433. The molecule has 0 radical (unpaired) electrons. The number of β-lactam (4-membered cyclic amide) rings is 1. The number of methoxy groups -OCH3 is 2. The van der Waals surface area contributed by atoms with Gasteiger partial charge in [-0.15, -0.1) is 11.8 Å². The van der Waals surface area contributed by atoms with Gasteiger partial charge >= 0.3 is 5.97 Å². The first-order valence-electron chi connectivity index (χ1n) is 11.8. The summed E-state index contributed by atoms with van der Waals surface area (Å²) in [5.41, 5.74) is 1.13. The highest BCUT2D eigenvalue weighted by Gasteiger charge is 2.67. The number of hydrogen-bond donors (Lipinski definition) is 1. The molecule has 3 atom stereocenters. The molecule has 0 aromatic heterocycles. The van der Waals surface area contributed by atoms with Gasteiger partial charge in [-0.05, 0) is 42.0 Å². The van der Waals surface area contributed by atoms with Gasteiger partial charge in [0.15, 0.2) is 0 Å². The van der Waals surface area contributed by atoms with Crippen molar-refractivity contribution in [2.45, 2.75) is 41.7 Å². The van der Waals surface area contributed by atoms with E-state index in [0.29, 0.717) is 11.5 Å². The van der Waals surface area contributed by atoms with Crippen LogP contribution >= 0.6 is 23.5 Å². The molecule has 3 aliphatic heterocycles. The van der Waals surface area contributed by atoms with E-state index < -0.39 is 22.7 Å². The first-order chi connectivity index (χ1) is 17.5. The van der Waals surface area contributed by atoms with Crippen molar-refractivity contribution in [1.82, 2.24) is 10.2 Å². The number of hydrogen-bond acceptors (Lipinski definition) is 8. The number of carbonyl (C=O) groups excluding carboxylic acids is 3. The lowest BCUT2D eigenvalue weighted by Crippen LogP contribution is -2.71. The third-order valence-electron chi connectivity index (χ3n) is 6.94. The van der Waals surface area contributed by atoms with Crippen molar-refractivity contribution >= 4 is 41.3 Å². The molecule has 8 nitrogen and oxygen atoms in total. The number of esters is 1. The minimum Gasteiger partial charge on any atom is -0.496 e. The lowest BCUT2D eigenvalue weighted by atomic mass is 9.88. The predicted molar refractivity (Wildman–Crippen MR) is 138 cm³/mol. The van der Waals surface area contributed by atoms with Crippen LogP contribution in [0.1, 0.15) is 28.8 Å². The number of fused-ring (bicyclic) bond motifs is 1. The number of rotatable bonds is 7. The molecule has 1 spiro atoms. The van der Waals surface area contributed by atoms with E-state index in [-0.39, 0.29) is 29.4 Å². The summed E-state index contributed by atoms with van der Waals surface area (Å²) in [5.74, 6) is 1.44. The summed E-state index contributed by atoms with van der Waals surface area (Å²) >= 11 is 3.48. The van der Waals surface area contributed by atoms with Crippen molar-refractivity contribution in [3.63, 3.8) is 0 Å². The maximum Gasteiger partial charge on any atom is 0.330 e. The molecular formula is C26H28N2O6S2. The van der Waals surface area contributed by atoms with Crippen molar-refractivity contribution < 1.29 is 28.6 Å². The minimum absolute atomic E-state index is 0.159. The van der Waals surface area contributed by atoms with Gasteiger partial charge in [-0.3, -0.25) is 9.59 Å². The summed E-state index contributed by atoms with van der Waals surface area (Å²) in [7, 11) is 2.95. The zero-order valence-electron chi connectivity index (χ0n) is 20.1. The van der Waals surface area contributed by atoms with E-state index in [1.54, 1.807) is 34.9 Å². The van der Waals surface area contributed by atoms with Crippen LogP contribution in [0.15, 0.2) is 48.5 Å². The zero-order valence-corrected chi connectivity index (χ0v) is 21.7. The molecule has 2 amide bonds. The molecule has 3 saturated heterocycles. The van der Waals surface area contributed by atoms with E-state index in [0.717, 1.165) is 29.9 Å². The molecule has 36 heavy (non-hydrogen) atoms. The molecule has 2 unspecified atom stereocenters. The Balaban J connectivity index is 1.36. The van der Waals surface area contributed by atoms with Crippen LogP contribution in [0.4, 0.5) is 0 Å². The standard InChI is InChI=1S/C26H28N2O6S2/c1-32-17-9-6-10-18(33-2)19(17)22(29)27-20-23(30)28-21(25(31)34-15-16-7-4-3-5-8-16)26(36-24(20)28)11-13-35-14-12-26/h3-10,20-21,24H,11-15H2,1-2H3,(H,27,29)/t20?,21?,24-/m0/s1. The summed E-state index contributed by atoms with van der Waals surface area (Å²) < 4.78 is 16.0. The van der Waals surface area contributed by atoms with Crippen molar-refractivity contribution in [3.8, 4) is 11.5 Å². The topological polar surface area (TPSA) is 94.2 Å². The van der Waals surface area contributed by atoms with Crippen LogP contribution in [0.5, 0.6) is 11.5 Å². The maximum absolute atomic E-state index is 13.4. The first-order valence-corrected chi connectivity index (χ1v) is 13.8. The zero-order chi connectivity index (χ0) is 25.3. The highest BCUT2D eigenvalue weighted by molar-refractivity contribution is 8.02. The molecule has 2 aromatic rings. The van der Waals surface area contributed by atoms with Gasteiger partial charge in [-0.1, -0.05) is 36.4 Å². The Morgan fingerprint density at radius 3 is 2.33 bits per heavy atom. The summed E-state index contributed by atoms with van der Waals surface area (Å²) in [5, 5.41) is 2.54. The third-order valence-corrected chi connectivity index (χ3v) is 9.77. The number of nitrogens with zero attached hydrogens (tertiary/aromatic N) is 1. The van der Waals surface area contributed by atoms with Gasteiger partial charge in [-0.25, -0.2) is 4.79 Å². The largest absolute Gasteiger partial charge is 0.496 e. The Labute approximate surface area is 218 Å². The Morgan fingerprint density at radius 2 is 1.69 bits per heavy atom.